The Balaban J connectivity index is 1.99. The van der Waals surface area contributed by atoms with E-state index in [2.05, 4.69) is 10.6 Å². The van der Waals surface area contributed by atoms with E-state index in [9.17, 15) is 9.59 Å². The average Bonchev–Trinajstić information content (AvgIpc) is 2.62. The maximum absolute atomic E-state index is 12.5. The number of carbonyl (C=O) groups excluding carboxylic acids is 2. The summed E-state index contributed by atoms with van der Waals surface area (Å²) in [4.78, 5) is 24.2. The largest absolute Gasteiger partial charge is 0.480 e. The molecule has 0 heterocycles. The van der Waals surface area contributed by atoms with Gasteiger partial charge in [0, 0.05) is 17.3 Å². The van der Waals surface area contributed by atoms with Crippen LogP contribution < -0.4 is 15.4 Å². The zero-order valence-electron chi connectivity index (χ0n) is 15.7. The molecular formula is C21H26N2O3. The van der Waals surface area contributed by atoms with Crippen LogP contribution in [0.5, 0.6) is 5.75 Å². The van der Waals surface area contributed by atoms with Crippen LogP contribution in [0.1, 0.15) is 32.8 Å². The molecule has 26 heavy (non-hydrogen) atoms. The third-order valence-electron chi connectivity index (χ3n) is 3.97. The monoisotopic (exact) mass is 354 g/mol. The first kappa shape index (κ1) is 19.5. The molecule has 5 nitrogen and oxygen atoms in total. The van der Waals surface area contributed by atoms with Crippen LogP contribution in [-0.2, 0) is 9.59 Å². The zero-order valence-corrected chi connectivity index (χ0v) is 15.7. The van der Waals surface area contributed by atoms with Gasteiger partial charge in [0.2, 0.25) is 5.91 Å². The van der Waals surface area contributed by atoms with Gasteiger partial charge in [0.15, 0.2) is 6.10 Å². The zero-order chi connectivity index (χ0) is 19.1. The van der Waals surface area contributed by atoms with Crippen molar-refractivity contribution in [2.24, 2.45) is 5.92 Å². The van der Waals surface area contributed by atoms with Crippen molar-refractivity contribution in [2.75, 3.05) is 10.6 Å². The van der Waals surface area contributed by atoms with Crippen LogP contribution in [0.4, 0.5) is 11.4 Å². The molecule has 2 amide bonds. The van der Waals surface area contributed by atoms with Crippen LogP contribution in [0.15, 0.2) is 48.5 Å². The first-order valence-electron chi connectivity index (χ1n) is 8.84. The summed E-state index contributed by atoms with van der Waals surface area (Å²) in [5.41, 5.74) is 2.35. The van der Waals surface area contributed by atoms with E-state index in [0.717, 1.165) is 5.56 Å². The van der Waals surface area contributed by atoms with Gasteiger partial charge in [-0.1, -0.05) is 39.0 Å². The van der Waals surface area contributed by atoms with Gasteiger partial charge in [-0.05, 0) is 49.2 Å². The SMILES string of the molecule is CC[C@H](Oc1ccccc1C)C(=O)Nc1ccc(NC(=O)C(C)C)cc1. The molecule has 2 N–H and O–H groups in total. The molecule has 0 aliphatic carbocycles. The minimum absolute atomic E-state index is 0.0422. The third-order valence-corrected chi connectivity index (χ3v) is 3.97. The Kier molecular flexibility index (Phi) is 6.78. The standard InChI is InChI=1S/C21H26N2O3/c1-5-18(26-19-9-7-6-8-15(19)4)21(25)23-17-12-10-16(11-13-17)22-20(24)14(2)3/h6-14,18H,5H2,1-4H3,(H,22,24)(H,23,25)/t18-/m0/s1. The quantitative estimate of drug-likeness (QED) is 0.775. The summed E-state index contributed by atoms with van der Waals surface area (Å²) in [6.45, 7) is 7.53. The Hall–Kier alpha value is -2.82. The Morgan fingerprint density at radius 1 is 0.923 bits per heavy atom. The topological polar surface area (TPSA) is 67.4 Å². The molecule has 0 fully saturated rings. The van der Waals surface area contributed by atoms with Crippen molar-refractivity contribution in [3.05, 3.63) is 54.1 Å². The molecule has 0 radical (unpaired) electrons. The van der Waals surface area contributed by atoms with Gasteiger partial charge >= 0.3 is 0 Å². The fraction of sp³-hybridized carbons (Fsp3) is 0.333. The average molecular weight is 354 g/mol. The summed E-state index contributed by atoms with van der Waals surface area (Å²) in [7, 11) is 0. The number of rotatable bonds is 7. The van der Waals surface area contributed by atoms with Crippen LogP contribution in [0.3, 0.4) is 0 Å². The molecule has 0 bridgehead atoms. The van der Waals surface area contributed by atoms with E-state index in [-0.39, 0.29) is 17.7 Å². The molecule has 5 heteroatoms. The van der Waals surface area contributed by atoms with E-state index >= 15 is 0 Å². The smallest absolute Gasteiger partial charge is 0.265 e. The summed E-state index contributed by atoms with van der Waals surface area (Å²) in [5, 5.41) is 5.68. The van der Waals surface area contributed by atoms with Gasteiger partial charge in [-0.2, -0.15) is 0 Å². The van der Waals surface area contributed by atoms with Gasteiger partial charge in [-0.3, -0.25) is 9.59 Å². The van der Waals surface area contributed by atoms with Crippen molar-refractivity contribution in [2.45, 2.75) is 40.2 Å². The van der Waals surface area contributed by atoms with Crippen molar-refractivity contribution >= 4 is 23.2 Å². The van der Waals surface area contributed by atoms with Gasteiger partial charge in [-0.15, -0.1) is 0 Å². The van der Waals surface area contributed by atoms with E-state index in [1.165, 1.54) is 0 Å². The molecule has 1 atom stereocenters. The first-order valence-corrected chi connectivity index (χ1v) is 8.84. The summed E-state index contributed by atoms with van der Waals surface area (Å²) in [6, 6.07) is 14.7. The normalized spacial score (nSPS) is 11.7. The van der Waals surface area contributed by atoms with Gasteiger partial charge in [0.05, 0.1) is 0 Å². The molecule has 2 aromatic carbocycles. The second-order valence-corrected chi connectivity index (χ2v) is 6.49. The highest BCUT2D eigenvalue weighted by molar-refractivity contribution is 5.95. The van der Waals surface area contributed by atoms with Gasteiger partial charge in [0.25, 0.3) is 5.91 Å². The lowest BCUT2D eigenvalue weighted by Gasteiger charge is -2.18. The maximum Gasteiger partial charge on any atom is 0.265 e. The molecule has 2 aromatic rings. The lowest BCUT2D eigenvalue weighted by molar-refractivity contribution is -0.123. The van der Waals surface area contributed by atoms with E-state index < -0.39 is 6.10 Å². The number of hydrogen-bond acceptors (Lipinski definition) is 3. The highest BCUT2D eigenvalue weighted by atomic mass is 16.5. The van der Waals surface area contributed by atoms with Crippen molar-refractivity contribution in [3.63, 3.8) is 0 Å². The molecule has 0 saturated carbocycles. The van der Waals surface area contributed by atoms with Crippen molar-refractivity contribution in [1.82, 2.24) is 0 Å². The van der Waals surface area contributed by atoms with E-state index in [4.69, 9.17) is 4.74 Å². The molecule has 0 saturated heterocycles. The second-order valence-electron chi connectivity index (χ2n) is 6.49. The molecule has 2 rings (SSSR count). The molecule has 0 aliphatic heterocycles. The van der Waals surface area contributed by atoms with Crippen LogP contribution >= 0.6 is 0 Å². The Bertz CT molecular complexity index is 754. The minimum atomic E-state index is -0.573. The minimum Gasteiger partial charge on any atom is -0.480 e. The predicted molar refractivity (Wildman–Crippen MR) is 104 cm³/mol. The number of anilines is 2. The summed E-state index contributed by atoms with van der Waals surface area (Å²) >= 11 is 0. The number of carbonyl (C=O) groups is 2. The van der Waals surface area contributed by atoms with Crippen molar-refractivity contribution in [3.8, 4) is 5.75 Å². The van der Waals surface area contributed by atoms with Crippen LogP contribution in [0, 0.1) is 12.8 Å². The number of hydrogen-bond donors (Lipinski definition) is 2. The summed E-state index contributed by atoms with van der Waals surface area (Å²) in [5.74, 6) is 0.383. The third kappa shape index (κ3) is 5.34. The molecule has 0 aromatic heterocycles. The van der Waals surface area contributed by atoms with Gasteiger partial charge < -0.3 is 15.4 Å². The number of aryl methyl sites for hydroxylation is 1. The predicted octanol–water partition coefficient (Wildman–Crippen LogP) is 4.39. The van der Waals surface area contributed by atoms with Gasteiger partial charge in [0.1, 0.15) is 5.75 Å². The molecule has 0 aliphatic rings. The molecular weight excluding hydrogens is 328 g/mol. The Labute approximate surface area is 154 Å². The lowest BCUT2D eigenvalue weighted by atomic mass is 10.2. The summed E-state index contributed by atoms with van der Waals surface area (Å²) in [6.07, 6.45) is -0.0145. The second kappa shape index (κ2) is 9.04. The van der Waals surface area contributed by atoms with E-state index in [0.29, 0.717) is 23.5 Å². The van der Waals surface area contributed by atoms with Gasteiger partial charge in [-0.25, -0.2) is 0 Å². The summed E-state index contributed by atoms with van der Waals surface area (Å²) < 4.78 is 5.86. The number of para-hydroxylation sites is 1. The number of ether oxygens (including phenoxy) is 1. The van der Waals surface area contributed by atoms with Crippen LogP contribution in [0.25, 0.3) is 0 Å². The fourth-order valence-electron chi connectivity index (χ4n) is 2.31. The lowest BCUT2D eigenvalue weighted by Crippen LogP contribution is -2.32. The molecule has 0 unspecified atom stereocenters. The van der Waals surface area contributed by atoms with E-state index in [1.807, 2.05) is 52.0 Å². The first-order chi connectivity index (χ1) is 12.4. The van der Waals surface area contributed by atoms with Crippen molar-refractivity contribution in [1.29, 1.82) is 0 Å². The van der Waals surface area contributed by atoms with Crippen LogP contribution in [0.2, 0.25) is 0 Å². The Morgan fingerprint density at radius 3 is 1.96 bits per heavy atom. The number of nitrogens with one attached hydrogen (secondary N) is 2. The van der Waals surface area contributed by atoms with Crippen LogP contribution in [-0.4, -0.2) is 17.9 Å². The fourth-order valence-corrected chi connectivity index (χ4v) is 2.31. The highest BCUT2D eigenvalue weighted by Crippen LogP contribution is 2.20. The number of benzene rings is 2. The molecule has 0 spiro atoms. The highest BCUT2D eigenvalue weighted by Gasteiger charge is 2.19. The number of amides is 2. The Morgan fingerprint density at radius 2 is 1.46 bits per heavy atom. The maximum atomic E-state index is 12.5. The van der Waals surface area contributed by atoms with Crippen molar-refractivity contribution < 1.29 is 14.3 Å². The van der Waals surface area contributed by atoms with E-state index in [1.54, 1.807) is 24.3 Å². The molecule has 138 valence electrons.